The zero-order valence-corrected chi connectivity index (χ0v) is 12.0. The zero-order chi connectivity index (χ0) is 13.8. The molecular formula is C13H23N5O. The first-order chi connectivity index (χ1) is 9.17. The molecule has 2 unspecified atom stereocenters. The number of hydrogen-bond acceptors (Lipinski definition) is 3. The fourth-order valence-electron chi connectivity index (χ4n) is 2.76. The highest BCUT2D eigenvalue weighted by Gasteiger charge is 2.32. The molecule has 19 heavy (non-hydrogen) atoms. The molecule has 1 aromatic rings. The second-order valence-electron chi connectivity index (χ2n) is 5.09. The van der Waals surface area contributed by atoms with Crippen molar-refractivity contribution >= 4 is 6.03 Å². The van der Waals surface area contributed by atoms with Gasteiger partial charge >= 0.3 is 6.03 Å². The van der Waals surface area contributed by atoms with E-state index in [1.807, 2.05) is 16.4 Å². The minimum Gasteiger partial charge on any atom is -0.331 e. The number of hydrogen-bond donors (Lipinski definition) is 1. The smallest absolute Gasteiger partial charge is 0.318 e. The molecular weight excluding hydrogens is 242 g/mol. The van der Waals surface area contributed by atoms with Gasteiger partial charge < -0.3 is 14.8 Å². The van der Waals surface area contributed by atoms with Crippen molar-refractivity contribution in [2.75, 3.05) is 0 Å². The van der Waals surface area contributed by atoms with Crippen molar-refractivity contribution in [3.63, 3.8) is 0 Å². The lowest BCUT2D eigenvalue weighted by molar-refractivity contribution is 0.174. The van der Waals surface area contributed by atoms with Crippen molar-refractivity contribution in [3.05, 3.63) is 12.2 Å². The van der Waals surface area contributed by atoms with Gasteiger partial charge in [-0.25, -0.2) is 4.79 Å². The van der Waals surface area contributed by atoms with E-state index in [4.69, 9.17) is 0 Å². The van der Waals surface area contributed by atoms with Crippen LogP contribution in [0, 0.1) is 0 Å². The molecule has 0 bridgehead atoms. The first kappa shape index (κ1) is 13.8. The Balaban J connectivity index is 1.94. The Hall–Kier alpha value is -1.59. The molecule has 6 heteroatoms. The Morgan fingerprint density at radius 2 is 2.26 bits per heavy atom. The van der Waals surface area contributed by atoms with E-state index in [0.717, 1.165) is 31.6 Å². The maximum atomic E-state index is 12.3. The standard InChI is InChI=1S/C13H23N5O/c1-4-11-7-6-10(3)18(11)13(19)14-8-12-16-15-9-17(12)5-2/h9-11H,4-8H2,1-3H3,(H,14,19). The molecule has 2 amide bonds. The van der Waals surface area contributed by atoms with E-state index >= 15 is 0 Å². The lowest BCUT2D eigenvalue weighted by atomic mass is 10.2. The van der Waals surface area contributed by atoms with Crippen LogP contribution in [0.2, 0.25) is 0 Å². The number of carbonyl (C=O) groups is 1. The number of nitrogens with zero attached hydrogens (tertiary/aromatic N) is 4. The Morgan fingerprint density at radius 1 is 1.47 bits per heavy atom. The van der Waals surface area contributed by atoms with Crippen LogP contribution in [0.1, 0.15) is 45.9 Å². The fourth-order valence-corrected chi connectivity index (χ4v) is 2.76. The average Bonchev–Trinajstić information content (AvgIpc) is 3.01. The minimum absolute atomic E-state index is 0.0162. The summed E-state index contributed by atoms with van der Waals surface area (Å²) in [4.78, 5) is 14.3. The molecule has 2 heterocycles. The van der Waals surface area contributed by atoms with Crippen LogP contribution in [0.5, 0.6) is 0 Å². The van der Waals surface area contributed by atoms with Gasteiger partial charge in [0.1, 0.15) is 6.33 Å². The Kier molecular flexibility index (Phi) is 4.39. The molecule has 0 radical (unpaired) electrons. The van der Waals surface area contributed by atoms with Crippen molar-refractivity contribution in [2.45, 2.75) is 65.2 Å². The SMILES string of the molecule is CCC1CCC(C)N1C(=O)NCc1nncn1CC. The van der Waals surface area contributed by atoms with Gasteiger partial charge in [-0.3, -0.25) is 0 Å². The topological polar surface area (TPSA) is 63.1 Å². The molecule has 0 aromatic carbocycles. The van der Waals surface area contributed by atoms with Crippen molar-refractivity contribution in [1.82, 2.24) is 25.0 Å². The summed E-state index contributed by atoms with van der Waals surface area (Å²) >= 11 is 0. The highest BCUT2D eigenvalue weighted by Crippen LogP contribution is 2.25. The normalized spacial score (nSPS) is 22.8. The molecule has 1 aliphatic heterocycles. The molecule has 1 aliphatic rings. The van der Waals surface area contributed by atoms with Crippen LogP contribution in [0.25, 0.3) is 0 Å². The molecule has 0 saturated carbocycles. The third kappa shape index (κ3) is 2.88. The summed E-state index contributed by atoms with van der Waals surface area (Å²) in [5.74, 6) is 0.802. The number of amides is 2. The molecule has 1 saturated heterocycles. The number of carbonyl (C=O) groups excluding carboxylic acids is 1. The van der Waals surface area contributed by atoms with Gasteiger partial charge in [-0.2, -0.15) is 0 Å². The summed E-state index contributed by atoms with van der Waals surface area (Å²) in [6, 6.07) is 0.718. The maximum Gasteiger partial charge on any atom is 0.318 e. The summed E-state index contributed by atoms with van der Waals surface area (Å²) in [6.45, 7) is 7.53. The second-order valence-corrected chi connectivity index (χ2v) is 5.09. The second kappa shape index (κ2) is 6.04. The first-order valence-electron chi connectivity index (χ1n) is 7.10. The molecule has 2 atom stereocenters. The Morgan fingerprint density at radius 3 is 2.95 bits per heavy atom. The van der Waals surface area contributed by atoms with Crippen LogP contribution >= 0.6 is 0 Å². The number of urea groups is 1. The van der Waals surface area contributed by atoms with Crippen molar-refractivity contribution in [2.24, 2.45) is 0 Å². The number of aromatic nitrogens is 3. The average molecular weight is 265 g/mol. The quantitative estimate of drug-likeness (QED) is 0.902. The Bertz CT molecular complexity index is 430. The molecule has 1 aromatic heterocycles. The van der Waals surface area contributed by atoms with Gasteiger partial charge in [0.25, 0.3) is 0 Å². The summed E-state index contributed by atoms with van der Waals surface area (Å²) in [6.07, 6.45) is 4.91. The van der Waals surface area contributed by atoms with E-state index in [1.54, 1.807) is 6.33 Å². The summed E-state index contributed by atoms with van der Waals surface area (Å²) in [5, 5.41) is 10.8. The van der Waals surface area contributed by atoms with Crippen LogP contribution in [0.15, 0.2) is 6.33 Å². The van der Waals surface area contributed by atoms with E-state index in [-0.39, 0.29) is 6.03 Å². The predicted octanol–water partition coefficient (Wildman–Crippen LogP) is 1.77. The van der Waals surface area contributed by atoms with Gasteiger partial charge in [0.15, 0.2) is 5.82 Å². The van der Waals surface area contributed by atoms with E-state index in [2.05, 4.69) is 29.4 Å². The third-order valence-corrected chi connectivity index (χ3v) is 3.93. The largest absolute Gasteiger partial charge is 0.331 e. The summed E-state index contributed by atoms with van der Waals surface area (Å²) in [5.41, 5.74) is 0. The highest BCUT2D eigenvalue weighted by molar-refractivity contribution is 5.75. The van der Waals surface area contributed by atoms with E-state index in [1.165, 1.54) is 0 Å². The summed E-state index contributed by atoms with van der Waals surface area (Å²) in [7, 11) is 0. The van der Waals surface area contributed by atoms with Crippen LogP contribution in [0.3, 0.4) is 0 Å². The monoisotopic (exact) mass is 265 g/mol. The first-order valence-corrected chi connectivity index (χ1v) is 7.10. The molecule has 0 spiro atoms. The van der Waals surface area contributed by atoms with Crippen LogP contribution in [0.4, 0.5) is 4.79 Å². The predicted molar refractivity (Wildman–Crippen MR) is 72.5 cm³/mol. The highest BCUT2D eigenvalue weighted by atomic mass is 16.2. The van der Waals surface area contributed by atoms with Gasteiger partial charge in [0.2, 0.25) is 0 Å². The molecule has 0 aliphatic carbocycles. The Labute approximate surface area is 114 Å². The number of aryl methyl sites for hydroxylation is 1. The molecule has 106 valence electrons. The summed E-state index contributed by atoms with van der Waals surface area (Å²) < 4.78 is 1.94. The van der Waals surface area contributed by atoms with E-state index in [0.29, 0.717) is 18.6 Å². The van der Waals surface area contributed by atoms with Crippen molar-refractivity contribution < 1.29 is 4.79 Å². The van der Waals surface area contributed by atoms with Crippen LogP contribution < -0.4 is 5.32 Å². The maximum absolute atomic E-state index is 12.3. The van der Waals surface area contributed by atoms with Crippen molar-refractivity contribution in [3.8, 4) is 0 Å². The number of rotatable bonds is 4. The molecule has 1 fully saturated rings. The van der Waals surface area contributed by atoms with Crippen LogP contribution in [-0.4, -0.2) is 37.8 Å². The van der Waals surface area contributed by atoms with Gasteiger partial charge in [-0.1, -0.05) is 6.92 Å². The van der Waals surface area contributed by atoms with Crippen molar-refractivity contribution in [1.29, 1.82) is 0 Å². The molecule has 6 nitrogen and oxygen atoms in total. The van der Waals surface area contributed by atoms with Gasteiger partial charge in [-0.15, -0.1) is 10.2 Å². The zero-order valence-electron chi connectivity index (χ0n) is 12.0. The minimum atomic E-state index is 0.0162. The number of likely N-dealkylation sites (tertiary alicyclic amines) is 1. The fraction of sp³-hybridized carbons (Fsp3) is 0.769. The lowest BCUT2D eigenvalue weighted by Gasteiger charge is -2.28. The van der Waals surface area contributed by atoms with Gasteiger partial charge in [0.05, 0.1) is 6.54 Å². The van der Waals surface area contributed by atoms with Crippen LogP contribution in [-0.2, 0) is 13.1 Å². The molecule has 1 N–H and O–H groups in total. The van der Waals surface area contributed by atoms with Gasteiger partial charge in [0, 0.05) is 18.6 Å². The van der Waals surface area contributed by atoms with E-state index < -0.39 is 0 Å². The van der Waals surface area contributed by atoms with Gasteiger partial charge in [-0.05, 0) is 33.1 Å². The number of nitrogens with one attached hydrogen (secondary N) is 1. The molecule has 2 rings (SSSR count). The lowest BCUT2D eigenvalue weighted by Crippen LogP contribution is -2.45. The van der Waals surface area contributed by atoms with E-state index in [9.17, 15) is 4.79 Å². The third-order valence-electron chi connectivity index (χ3n) is 3.93.